The third kappa shape index (κ3) is 4.63. The van der Waals surface area contributed by atoms with Crippen LogP contribution in [0.25, 0.3) is 0 Å². The molecule has 0 spiro atoms. The van der Waals surface area contributed by atoms with E-state index in [0.29, 0.717) is 41.0 Å². The molecule has 7 heteroatoms. The zero-order chi connectivity index (χ0) is 21.5. The van der Waals surface area contributed by atoms with Gasteiger partial charge in [0.25, 0.3) is 5.91 Å². The number of pyridine rings is 1. The summed E-state index contributed by atoms with van der Waals surface area (Å²) in [6, 6.07) is 14.6. The van der Waals surface area contributed by atoms with E-state index in [9.17, 15) is 4.79 Å². The van der Waals surface area contributed by atoms with Crippen LogP contribution in [0, 0.1) is 6.92 Å². The minimum Gasteiger partial charge on any atom is -0.493 e. The van der Waals surface area contributed by atoms with Crippen molar-refractivity contribution in [1.29, 1.82) is 0 Å². The lowest BCUT2D eigenvalue weighted by Gasteiger charge is -2.15. The molecule has 7 nitrogen and oxygen atoms in total. The Morgan fingerprint density at radius 1 is 0.933 bits per heavy atom. The van der Waals surface area contributed by atoms with Gasteiger partial charge in [-0.25, -0.2) is 4.98 Å². The Morgan fingerprint density at radius 3 is 2.27 bits per heavy atom. The lowest BCUT2D eigenvalue weighted by Crippen LogP contribution is -2.14. The van der Waals surface area contributed by atoms with Crippen molar-refractivity contribution in [3.8, 4) is 23.0 Å². The van der Waals surface area contributed by atoms with Gasteiger partial charge in [-0.3, -0.25) is 4.79 Å². The number of nitrogens with one attached hydrogen (secondary N) is 1. The van der Waals surface area contributed by atoms with Gasteiger partial charge in [0.15, 0.2) is 23.1 Å². The fraction of sp³-hybridized carbons (Fsp3) is 0.217. The normalized spacial score (nSPS) is 10.3. The van der Waals surface area contributed by atoms with Crippen LogP contribution in [0.4, 0.5) is 5.82 Å². The maximum absolute atomic E-state index is 12.9. The molecule has 30 heavy (non-hydrogen) atoms. The zero-order valence-corrected chi connectivity index (χ0v) is 17.4. The second-order valence-electron chi connectivity index (χ2n) is 6.43. The van der Waals surface area contributed by atoms with Crippen LogP contribution in [0.5, 0.6) is 23.0 Å². The van der Waals surface area contributed by atoms with E-state index in [1.807, 2.05) is 31.2 Å². The number of aryl methyl sites for hydroxylation is 1. The summed E-state index contributed by atoms with van der Waals surface area (Å²) in [5, 5.41) is 2.79. The summed E-state index contributed by atoms with van der Waals surface area (Å²) in [5.74, 6) is 1.61. The highest BCUT2D eigenvalue weighted by molar-refractivity contribution is 6.05. The van der Waals surface area contributed by atoms with Crippen LogP contribution < -0.4 is 24.3 Å². The highest BCUT2D eigenvalue weighted by Crippen LogP contribution is 2.38. The average molecular weight is 408 g/mol. The topological polar surface area (TPSA) is 78.9 Å². The van der Waals surface area contributed by atoms with Gasteiger partial charge in [0, 0.05) is 11.8 Å². The van der Waals surface area contributed by atoms with Gasteiger partial charge in [0.1, 0.15) is 6.61 Å². The van der Waals surface area contributed by atoms with Crippen molar-refractivity contribution >= 4 is 11.7 Å². The van der Waals surface area contributed by atoms with Gasteiger partial charge < -0.3 is 24.3 Å². The number of anilines is 1. The van der Waals surface area contributed by atoms with Gasteiger partial charge in [-0.2, -0.15) is 0 Å². The molecule has 0 aliphatic carbocycles. The quantitative estimate of drug-likeness (QED) is 0.600. The summed E-state index contributed by atoms with van der Waals surface area (Å²) in [7, 11) is 4.50. The molecule has 1 N–H and O–H groups in total. The Balaban J connectivity index is 1.82. The number of nitrogens with zero attached hydrogens (tertiary/aromatic N) is 1. The molecule has 1 amide bonds. The number of aromatic nitrogens is 1. The fourth-order valence-electron chi connectivity index (χ4n) is 2.92. The van der Waals surface area contributed by atoms with Crippen molar-refractivity contribution in [2.24, 2.45) is 0 Å². The lowest BCUT2D eigenvalue weighted by atomic mass is 10.1. The van der Waals surface area contributed by atoms with E-state index < -0.39 is 0 Å². The molecule has 0 atom stereocenters. The van der Waals surface area contributed by atoms with Gasteiger partial charge in [0.2, 0.25) is 5.75 Å². The third-order valence-corrected chi connectivity index (χ3v) is 4.57. The predicted octanol–water partition coefficient (Wildman–Crippen LogP) is 4.25. The van der Waals surface area contributed by atoms with E-state index in [0.717, 1.165) is 11.1 Å². The molecule has 0 radical (unpaired) electrons. The smallest absolute Gasteiger partial charge is 0.257 e. The molecule has 3 rings (SSSR count). The van der Waals surface area contributed by atoms with Crippen molar-refractivity contribution in [3.05, 3.63) is 71.4 Å². The molecule has 0 aliphatic rings. The van der Waals surface area contributed by atoms with Gasteiger partial charge in [0.05, 0.1) is 21.3 Å². The number of rotatable bonds is 8. The monoisotopic (exact) mass is 408 g/mol. The molecule has 2 aromatic carbocycles. The van der Waals surface area contributed by atoms with Crippen molar-refractivity contribution in [2.75, 3.05) is 26.6 Å². The van der Waals surface area contributed by atoms with Crippen LogP contribution in [0.1, 0.15) is 21.5 Å². The van der Waals surface area contributed by atoms with Crippen molar-refractivity contribution < 1.29 is 23.7 Å². The first-order valence-electron chi connectivity index (χ1n) is 9.31. The molecule has 156 valence electrons. The van der Waals surface area contributed by atoms with Crippen LogP contribution in [0.2, 0.25) is 0 Å². The van der Waals surface area contributed by atoms with E-state index in [-0.39, 0.29) is 5.91 Å². The summed E-state index contributed by atoms with van der Waals surface area (Å²) in [5.41, 5.74) is 2.52. The maximum Gasteiger partial charge on any atom is 0.257 e. The molecule has 0 aliphatic heterocycles. The molecular weight excluding hydrogens is 384 g/mol. The Hall–Kier alpha value is -3.74. The maximum atomic E-state index is 12.9. The van der Waals surface area contributed by atoms with Crippen LogP contribution in [-0.2, 0) is 6.61 Å². The van der Waals surface area contributed by atoms with Crippen molar-refractivity contribution in [1.82, 2.24) is 4.98 Å². The highest BCUT2D eigenvalue weighted by Gasteiger charge is 2.18. The summed E-state index contributed by atoms with van der Waals surface area (Å²) in [4.78, 5) is 17.1. The molecule has 1 aromatic heterocycles. The summed E-state index contributed by atoms with van der Waals surface area (Å²) >= 11 is 0. The van der Waals surface area contributed by atoms with Crippen molar-refractivity contribution in [3.63, 3.8) is 0 Å². The number of carbonyl (C=O) groups excluding carboxylic acids is 1. The number of methoxy groups -OCH3 is 3. The first-order chi connectivity index (χ1) is 14.6. The van der Waals surface area contributed by atoms with Gasteiger partial charge >= 0.3 is 0 Å². The third-order valence-electron chi connectivity index (χ3n) is 4.57. The van der Waals surface area contributed by atoms with E-state index in [4.69, 9.17) is 18.9 Å². The molecule has 1 heterocycles. The molecule has 0 saturated heterocycles. The Morgan fingerprint density at radius 2 is 1.63 bits per heavy atom. The number of carbonyl (C=O) groups is 1. The molecule has 0 fully saturated rings. The molecular formula is C23H24N2O5. The molecule has 0 bridgehead atoms. The molecule has 3 aromatic rings. The Labute approximate surface area is 175 Å². The number of hydrogen-bond acceptors (Lipinski definition) is 6. The Kier molecular flexibility index (Phi) is 6.75. The lowest BCUT2D eigenvalue weighted by molar-refractivity contribution is 0.102. The largest absolute Gasteiger partial charge is 0.493 e. The van der Waals surface area contributed by atoms with E-state index in [2.05, 4.69) is 10.3 Å². The van der Waals surface area contributed by atoms with Crippen LogP contribution in [-0.4, -0.2) is 32.2 Å². The first kappa shape index (κ1) is 21.0. The summed E-state index contributed by atoms with van der Waals surface area (Å²) < 4.78 is 21.9. The average Bonchev–Trinajstić information content (AvgIpc) is 2.78. The number of ether oxygens (including phenoxy) is 4. The van der Waals surface area contributed by atoms with Crippen LogP contribution in [0.3, 0.4) is 0 Å². The van der Waals surface area contributed by atoms with Crippen molar-refractivity contribution in [2.45, 2.75) is 13.5 Å². The summed E-state index contributed by atoms with van der Waals surface area (Å²) in [6.45, 7) is 2.39. The van der Waals surface area contributed by atoms with E-state index in [1.165, 1.54) is 21.3 Å². The van der Waals surface area contributed by atoms with E-state index in [1.54, 1.807) is 30.5 Å². The number of benzene rings is 2. The second-order valence-corrected chi connectivity index (χ2v) is 6.43. The summed E-state index contributed by atoms with van der Waals surface area (Å²) in [6.07, 6.45) is 1.59. The SMILES string of the molecule is COc1cc(C(=O)Nc2ncccc2OCc2ccccc2C)cc(OC)c1OC. The minimum atomic E-state index is -0.381. The fourth-order valence-corrected chi connectivity index (χ4v) is 2.92. The van der Waals surface area contributed by atoms with E-state index >= 15 is 0 Å². The van der Waals surface area contributed by atoms with Crippen LogP contribution >= 0.6 is 0 Å². The minimum absolute atomic E-state index is 0.324. The highest BCUT2D eigenvalue weighted by atomic mass is 16.5. The van der Waals surface area contributed by atoms with Gasteiger partial charge in [-0.05, 0) is 42.3 Å². The molecule has 0 saturated carbocycles. The number of amides is 1. The molecule has 0 unspecified atom stereocenters. The second kappa shape index (κ2) is 9.65. The Bertz CT molecular complexity index is 1010. The first-order valence-corrected chi connectivity index (χ1v) is 9.31. The van der Waals surface area contributed by atoms with Gasteiger partial charge in [-0.1, -0.05) is 24.3 Å². The zero-order valence-electron chi connectivity index (χ0n) is 17.4. The standard InChI is InChI=1S/C23H24N2O5/c1-15-8-5-6-9-16(15)14-30-18-10-7-11-24-22(18)25-23(26)17-12-19(27-2)21(29-4)20(13-17)28-3/h5-13H,14H2,1-4H3,(H,24,25,26). The van der Waals surface area contributed by atoms with Crippen LogP contribution in [0.15, 0.2) is 54.7 Å². The van der Waals surface area contributed by atoms with Gasteiger partial charge in [-0.15, -0.1) is 0 Å². The number of hydrogen-bond donors (Lipinski definition) is 1. The predicted molar refractivity (Wildman–Crippen MR) is 114 cm³/mol.